The van der Waals surface area contributed by atoms with Crippen molar-refractivity contribution in [2.24, 2.45) is 0 Å². The van der Waals surface area contributed by atoms with E-state index in [1.165, 1.54) is 0 Å². The van der Waals surface area contributed by atoms with Crippen molar-refractivity contribution < 1.29 is 23.9 Å². The summed E-state index contributed by atoms with van der Waals surface area (Å²) in [6, 6.07) is 7.43. The fourth-order valence-corrected chi connectivity index (χ4v) is 2.66. The Balaban J connectivity index is 1.85. The molecule has 0 radical (unpaired) electrons. The van der Waals surface area contributed by atoms with E-state index in [4.69, 9.17) is 9.47 Å². The summed E-state index contributed by atoms with van der Waals surface area (Å²) >= 11 is 0. The smallest absolute Gasteiger partial charge is 0.339 e. The van der Waals surface area contributed by atoms with Crippen LogP contribution in [0.5, 0.6) is 0 Å². The summed E-state index contributed by atoms with van der Waals surface area (Å²) in [6.07, 6.45) is 0. The molecule has 0 aliphatic carbocycles. The predicted octanol–water partition coefficient (Wildman–Crippen LogP) is 0.815. The van der Waals surface area contributed by atoms with E-state index in [0.29, 0.717) is 10.9 Å². The van der Waals surface area contributed by atoms with Gasteiger partial charge in [-0.05, 0) is 13.0 Å². The van der Waals surface area contributed by atoms with Crippen LogP contribution >= 0.6 is 0 Å². The molecule has 3 rings (SSSR count). The molecule has 1 aromatic heterocycles. The van der Waals surface area contributed by atoms with Gasteiger partial charge >= 0.3 is 18.0 Å². The average molecular weight is 371 g/mol. The molecule has 1 aliphatic heterocycles. The minimum absolute atomic E-state index is 0.0362. The first-order valence-corrected chi connectivity index (χ1v) is 8.22. The Labute approximate surface area is 153 Å². The number of fused-ring (bicyclic) bond motifs is 1. The zero-order valence-corrected chi connectivity index (χ0v) is 14.5. The van der Waals surface area contributed by atoms with Crippen LogP contribution in [0.1, 0.15) is 17.3 Å². The maximum atomic E-state index is 12.5. The lowest BCUT2D eigenvalue weighted by atomic mass is 10.1. The lowest BCUT2D eigenvalue weighted by molar-refractivity contribution is -0.138. The predicted molar refractivity (Wildman–Crippen MR) is 95.0 cm³/mol. The highest BCUT2D eigenvalue weighted by Gasteiger charge is 2.25. The van der Waals surface area contributed by atoms with Crippen LogP contribution in [0.3, 0.4) is 0 Å². The second-order valence-corrected chi connectivity index (χ2v) is 5.65. The number of aromatic amines is 1. The van der Waals surface area contributed by atoms with Crippen LogP contribution in [-0.4, -0.2) is 42.7 Å². The second kappa shape index (κ2) is 7.73. The number of amides is 2. The molecule has 0 saturated heterocycles. The summed E-state index contributed by atoms with van der Waals surface area (Å²) in [6.45, 7) is 1.44. The number of nitrogens with one attached hydrogen (secondary N) is 3. The van der Waals surface area contributed by atoms with Crippen molar-refractivity contribution in [1.82, 2.24) is 15.6 Å². The summed E-state index contributed by atoms with van der Waals surface area (Å²) in [5.41, 5.74) is 0.452. The van der Waals surface area contributed by atoms with Gasteiger partial charge in [0.2, 0.25) is 5.56 Å². The molecule has 9 nitrogen and oxygen atoms in total. The van der Waals surface area contributed by atoms with E-state index in [2.05, 4.69) is 15.6 Å². The molecule has 1 aromatic carbocycles. The molecule has 27 heavy (non-hydrogen) atoms. The number of para-hydroxylation sites is 1. The number of hydrogen-bond donors (Lipinski definition) is 3. The van der Waals surface area contributed by atoms with Gasteiger partial charge in [-0.25, -0.2) is 14.4 Å². The van der Waals surface area contributed by atoms with Gasteiger partial charge in [0, 0.05) is 17.0 Å². The van der Waals surface area contributed by atoms with E-state index in [1.54, 1.807) is 31.2 Å². The Bertz CT molecular complexity index is 1010. The maximum absolute atomic E-state index is 12.5. The van der Waals surface area contributed by atoms with Gasteiger partial charge in [-0.3, -0.25) is 4.79 Å². The first-order valence-electron chi connectivity index (χ1n) is 8.22. The molecule has 0 spiro atoms. The molecule has 2 heterocycles. The number of rotatable bonds is 5. The summed E-state index contributed by atoms with van der Waals surface area (Å²) in [7, 11) is 0. The molecule has 0 unspecified atom stereocenters. The Kier molecular flexibility index (Phi) is 5.20. The van der Waals surface area contributed by atoms with Crippen LogP contribution in [0, 0.1) is 0 Å². The van der Waals surface area contributed by atoms with Gasteiger partial charge in [-0.15, -0.1) is 0 Å². The Hall–Kier alpha value is -3.62. The van der Waals surface area contributed by atoms with Crippen molar-refractivity contribution in [3.8, 4) is 0 Å². The normalized spacial score (nSPS) is 13.7. The summed E-state index contributed by atoms with van der Waals surface area (Å²) in [4.78, 5) is 50.4. The molecule has 9 heteroatoms. The summed E-state index contributed by atoms with van der Waals surface area (Å²) in [5.74, 6) is -1.36. The monoisotopic (exact) mass is 371 g/mol. The highest BCUT2D eigenvalue weighted by atomic mass is 16.5. The number of urea groups is 1. The van der Waals surface area contributed by atoms with Crippen molar-refractivity contribution in [3.05, 3.63) is 57.5 Å². The van der Waals surface area contributed by atoms with Gasteiger partial charge in [-0.2, -0.15) is 0 Å². The molecule has 1 aliphatic rings. The first-order chi connectivity index (χ1) is 13.0. The molecule has 140 valence electrons. The minimum Gasteiger partial charge on any atom is -0.463 e. The highest BCUT2D eigenvalue weighted by Crippen LogP contribution is 2.16. The molecule has 0 bridgehead atoms. The third-order valence-corrected chi connectivity index (χ3v) is 3.89. The summed E-state index contributed by atoms with van der Waals surface area (Å²) in [5, 5.41) is 5.43. The molecule has 3 N–H and O–H groups in total. The van der Waals surface area contributed by atoms with E-state index < -0.39 is 23.5 Å². The lowest BCUT2D eigenvalue weighted by Crippen LogP contribution is -2.45. The molecule has 0 fully saturated rings. The average Bonchev–Trinajstić information content (AvgIpc) is 2.65. The Morgan fingerprint density at radius 2 is 1.89 bits per heavy atom. The van der Waals surface area contributed by atoms with E-state index in [1.807, 2.05) is 0 Å². The van der Waals surface area contributed by atoms with Crippen molar-refractivity contribution in [2.75, 3.05) is 19.8 Å². The van der Waals surface area contributed by atoms with Crippen molar-refractivity contribution in [2.45, 2.75) is 6.92 Å². The SMILES string of the molecule is CCOC(=O)C1=C(COC(=O)c2cc(=O)[nH]c3ccccc23)NC(=O)NC1. The molecule has 0 saturated carbocycles. The quantitative estimate of drug-likeness (QED) is 0.668. The van der Waals surface area contributed by atoms with Crippen molar-refractivity contribution >= 4 is 28.9 Å². The van der Waals surface area contributed by atoms with Crippen LogP contribution in [0.4, 0.5) is 4.79 Å². The molecule has 2 amide bonds. The zero-order chi connectivity index (χ0) is 19.4. The Morgan fingerprint density at radius 3 is 2.67 bits per heavy atom. The highest BCUT2D eigenvalue weighted by molar-refractivity contribution is 6.03. The van der Waals surface area contributed by atoms with Gasteiger partial charge in [0.1, 0.15) is 6.61 Å². The van der Waals surface area contributed by atoms with Crippen LogP contribution in [0.15, 0.2) is 46.4 Å². The van der Waals surface area contributed by atoms with E-state index in [9.17, 15) is 19.2 Å². The van der Waals surface area contributed by atoms with Gasteiger partial charge < -0.3 is 25.1 Å². The largest absolute Gasteiger partial charge is 0.463 e. The first kappa shape index (κ1) is 18.2. The number of esters is 2. The maximum Gasteiger partial charge on any atom is 0.339 e. The standard InChI is InChI=1S/C18H17N3O6/c1-2-26-17(24)12-8-19-18(25)21-14(12)9-27-16(23)11-7-15(22)20-13-6-4-3-5-10(11)13/h3-7H,2,8-9H2,1H3,(H,20,22)(H2,19,21,25). The molecular weight excluding hydrogens is 354 g/mol. The van der Waals surface area contributed by atoms with E-state index >= 15 is 0 Å². The van der Waals surface area contributed by atoms with Gasteiger partial charge in [0.05, 0.1) is 30.0 Å². The number of hydrogen-bond acceptors (Lipinski definition) is 6. The number of pyridine rings is 1. The fourth-order valence-electron chi connectivity index (χ4n) is 2.66. The Morgan fingerprint density at radius 1 is 1.11 bits per heavy atom. The van der Waals surface area contributed by atoms with Gasteiger partial charge in [0.25, 0.3) is 0 Å². The van der Waals surface area contributed by atoms with Crippen molar-refractivity contribution in [3.63, 3.8) is 0 Å². The third kappa shape index (κ3) is 3.97. The van der Waals surface area contributed by atoms with Gasteiger partial charge in [-0.1, -0.05) is 18.2 Å². The second-order valence-electron chi connectivity index (χ2n) is 5.65. The van der Waals surface area contributed by atoms with E-state index in [0.717, 1.165) is 6.07 Å². The minimum atomic E-state index is -0.749. The summed E-state index contributed by atoms with van der Waals surface area (Å²) < 4.78 is 10.2. The molecular formula is C18H17N3O6. The number of carbonyl (C=O) groups is 3. The van der Waals surface area contributed by atoms with Crippen LogP contribution in [-0.2, 0) is 14.3 Å². The van der Waals surface area contributed by atoms with Crippen LogP contribution in [0.2, 0.25) is 0 Å². The van der Waals surface area contributed by atoms with Crippen LogP contribution in [0.25, 0.3) is 10.9 Å². The number of H-pyrrole nitrogens is 1. The number of ether oxygens (including phenoxy) is 2. The zero-order valence-electron chi connectivity index (χ0n) is 14.5. The topological polar surface area (TPSA) is 127 Å². The lowest BCUT2D eigenvalue weighted by Gasteiger charge is -2.21. The third-order valence-electron chi connectivity index (χ3n) is 3.89. The van der Waals surface area contributed by atoms with Crippen LogP contribution < -0.4 is 16.2 Å². The number of benzene rings is 1. The molecule has 0 atom stereocenters. The van der Waals surface area contributed by atoms with E-state index in [-0.39, 0.29) is 36.6 Å². The number of aromatic nitrogens is 1. The van der Waals surface area contributed by atoms with Crippen molar-refractivity contribution in [1.29, 1.82) is 0 Å². The number of carbonyl (C=O) groups excluding carboxylic acids is 3. The fraction of sp³-hybridized carbons (Fsp3) is 0.222. The molecule has 2 aromatic rings. The van der Waals surface area contributed by atoms with Gasteiger partial charge in [0.15, 0.2) is 0 Å².